The zero-order chi connectivity index (χ0) is 43.1. The van der Waals surface area contributed by atoms with Crippen molar-refractivity contribution in [2.75, 3.05) is 4.90 Å². The molecule has 1 aromatic heterocycles. The Balaban J connectivity index is 1.03. The van der Waals surface area contributed by atoms with Crippen molar-refractivity contribution in [2.45, 2.75) is 17.8 Å². The van der Waals surface area contributed by atoms with Gasteiger partial charge in [-0.15, -0.1) is 11.3 Å². The van der Waals surface area contributed by atoms with Crippen LogP contribution in [-0.4, -0.2) is 0 Å². The maximum Gasteiger partial charge on any atom is 0.0713 e. The van der Waals surface area contributed by atoms with E-state index in [2.05, 4.69) is 254 Å². The van der Waals surface area contributed by atoms with Crippen molar-refractivity contribution in [3.63, 3.8) is 0 Å². The maximum atomic E-state index is 2.48. The minimum Gasteiger partial charge on any atom is -0.310 e. The standard InChI is InChI=1S/C63H43NS/c1-62(43-18-5-2-6-19-43)56-29-14-11-24-50(56)52-38-36-48(41-59(52)62)64(46-34-32-42(33-35-46)49-27-17-28-54-53-26-13-16-31-60(53)65-61(49)54)47-37-39-58-55(40-47)51-25-12-15-30-57(51)63(58,44-20-7-3-8-21-44)45-22-9-4-10-23-45/h2-41H,1H3. The van der Waals surface area contributed by atoms with Crippen LogP contribution in [0.1, 0.15) is 45.9 Å². The fraction of sp³-hybridized carbons (Fsp3) is 0.0476. The SMILES string of the molecule is CC1(c2ccccc2)c2ccccc2-c2ccc(N(c3ccc(-c4cccc5c4sc4ccccc45)cc3)c3ccc4c(c3)-c3ccccc3C4(c3ccccc3)c3ccccc3)cc21. The van der Waals surface area contributed by atoms with Gasteiger partial charge in [0.05, 0.1) is 5.41 Å². The number of nitrogens with zero attached hydrogens (tertiary/aromatic N) is 1. The molecule has 2 aliphatic rings. The van der Waals surface area contributed by atoms with Crippen LogP contribution in [0.5, 0.6) is 0 Å². The summed E-state index contributed by atoms with van der Waals surface area (Å²) in [7, 11) is 0. The highest BCUT2D eigenvalue weighted by molar-refractivity contribution is 7.26. The zero-order valence-corrected chi connectivity index (χ0v) is 36.8. The summed E-state index contributed by atoms with van der Waals surface area (Å²) in [6.07, 6.45) is 0. The van der Waals surface area contributed by atoms with Gasteiger partial charge < -0.3 is 4.90 Å². The Kier molecular flexibility index (Phi) is 8.50. The lowest BCUT2D eigenvalue weighted by atomic mass is 9.68. The molecule has 13 rings (SSSR count). The number of anilines is 3. The number of rotatable bonds is 7. The molecule has 0 amide bonds. The third kappa shape index (κ3) is 5.51. The van der Waals surface area contributed by atoms with Crippen LogP contribution in [0.4, 0.5) is 17.1 Å². The number of fused-ring (bicyclic) bond motifs is 9. The van der Waals surface area contributed by atoms with Gasteiger partial charge in [0, 0.05) is 42.6 Å². The van der Waals surface area contributed by atoms with Crippen molar-refractivity contribution in [3.8, 4) is 33.4 Å². The smallest absolute Gasteiger partial charge is 0.0713 e. The minimum absolute atomic E-state index is 0.330. The highest BCUT2D eigenvalue weighted by atomic mass is 32.1. The first-order valence-electron chi connectivity index (χ1n) is 22.6. The molecule has 0 bridgehead atoms. The van der Waals surface area contributed by atoms with E-state index in [4.69, 9.17) is 0 Å². The third-order valence-corrected chi connectivity index (χ3v) is 15.7. The molecular formula is C63H43NS. The van der Waals surface area contributed by atoms with Crippen LogP contribution in [0, 0.1) is 0 Å². The Hall–Kier alpha value is -7.78. The molecule has 0 saturated heterocycles. The second-order valence-corrected chi connectivity index (χ2v) is 18.7. The normalized spacial score (nSPS) is 15.3. The van der Waals surface area contributed by atoms with Crippen molar-refractivity contribution >= 4 is 48.6 Å². The van der Waals surface area contributed by atoms with Gasteiger partial charge in [-0.2, -0.15) is 0 Å². The summed E-state index contributed by atoms with van der Waals surface area (Å²) in [5, 5.41) is 2.63. The number of benzene rings is 10. The first kappa shape index (κ1) is 37.7. The summed E-state index contributed by atoms with van der Waals surface area (Å²) in [5.41, 5.74) is 19.3. The van der Waals surface area contributed by atoms with Gasteiger partial charge in [-0.05, 0) is 122 Å². The van der Waals surface area contributed by atoms with Crippen LogP contribution in [0.3, 0.4) is 0 Å². The predicted molar refractivity (Wildman–Crippen MR) is 274 cm³/mol. The summed E-state index contributed by atoms with van der Waals surface area (Å²) in [6.45, 7) is 2.41. The molecule has 2 aliphatic carbocycles. The monoisotopic (exact) mass is 845 g/mol. The molecule has 1 heterocycles. The summed E-state index contributed by atoms with van der Waals surface area (Å²) in [6, 6.07) is 90.4. The lowest BCUT2D eigenvalue weighted by Gasteiger charge is -2.34. The Labute approximate surface area is 384 Å². The van der Waals surface area contributed by atoms with Gasteiger partial charge in [0.1, 0.15) is 0 Å². The molecule has 1 atom stereocenters. The van der Waals surface area contributed by atoms with Crippen molar-refractivity contribution in [3.05, 3.63) is 282 Å². The van der Waals surface area contributed by atoms with Crippen LogP contribution in [0.25, 0.3) is 53.6 Å². The summed E-state index contributed by atoms with van der Waals surface area (Å²) in [5.74, 6) is 0. The van der Waals surface area contributed by atoms with Crippen molar-refractivity contribution in [1.29, 1.82) is 0 Å². The molecule has 306 valence electrons. The minimum atomic E-state index is -0.468. The summed E-state index contributed by atoms with van der Waals surface area (Å²) >= 11 is 1.88. The van der Waals surface area contributed by atoms with E-state index in [1.54, 1.807) is 0 Å². The van der Waals surface area contributed by atoms with E-state index in [0.29, 0.717) is 0 Å². The quantitative estimate of drug-likeness (QED) is 0.154. The molecule has 0 radical (unpaired) electrons. The van der Waals surface area contributed by atoms with Gasteiger partial charge in [-0.1, -0.05) is 200 Å². The topological polar surface area (TPSA) is 3.24 Å². The molecule has 0 spiro atoms. The van der Waals surface area contributed by atoms with Crippen molar-refractivity contribution < 1.29 is 0 Å². The fourth-order valence-electron chi connectivity index (χ4n) is 11.5. The molecular weight excluding hydrogens is 803 g/mol. The second-order valence-electron chi connectivity index (χ2n) is 17.7. The highest BCUT2D eigenvalue weighted by Gasteiger charge is 2.46. The van der Waals surface area contributed by atoms with Crippen LogP contribution in [0.15, 0.2) is 243 Å². The van der Waals surface area contributed by atoms with Crippen molar-refractivity contribution in [1.82, 2.24) is 0 Å². The first-order chi connectivity index (χ1) is 32.1. The highest BCUT2D eigenvalue weighted by Crippen LogP contribution is 2.58. The predicted octanol–water partition coefficient (Wildman–Crippen LogP) is 16.9. The molecule has 65 heavy (non-hydrogen) atoms. The van der Waals surface area contributed by atoms with E-state index in [1.807, 2.05) is 11.3 Å². The van der Waals surface area contributed by atoms with Crippen LogP contribution in [-0.2, 0) is 10.8 Å². The van der Waals surface area contributed by atoms with E-state index in [-0.39, 0.29) is 5.41 Å². The van der Waals surface area contributed by atoms with Gasteiger partial charge in [0.15, 0.2) is 0 Å². The average Bonchev–Trinajstić information content (AvgIpc) is 4.00. The van der Waals surface area contributed by atoms with E-state index < -0.39 is 5.41 Å². The second kappa shape index (κ2) is 14.6. The Bertz CT molecular complexity index is 3570. The molecule has 1 unspecified atom stereocenters. The van der Waals surface area contributed by atoms with Gasteiger partial charge in [0.25, 0.3) is 0 Å². The molecule has 0 aliphatic heterocycles. The first-order valence-corrected chi connectivity index (χ1v) is 23.4. The molecule has 10 aromatic carbocycles. The molecule has 2 heteroatoms. The Morgan fingerprint density at radius 1 is 0.338 bits per heavy atom. The van der Waals surface area contributed by atoms with Crippen LogP contribution < -0.4 is 4.90 Å². The fourth-order valence-corrected chi connectivity index (χ4v) is 12.7. The lowest BCUT2D eigenvalue weighted by molar-refractivity contribution is 0.714. The maximum absolute atomic E-state index is 2.48. The molecule has 11 aromatic rings. The number of hydrogen-bond donors (Lipinski definition) is 0. The Morgan fingerprint density at radius 2 is 0.846 bits per heavy atom. The van der Waals surface area contributed by atoms with Gasteiger partial charge >= 0.3 is 0 Å². The van der Waals surface area contributed by atoms with Gasteiger partial charge in [-0.25, -0.2) is 0 Å². The number of thiophene rings is 1. The molecule has 0 fully saturated rings. The molecule has 0 N–H and O–H groups in total. The largest absolute Gasteiger partial charge is 0.310 e. The number of hydrogen-bond acceptors (Lipinski definition) is 2. The average molecular weight is 846 g/mol. The zero-order valence-electron chi connectivity index (χ0n) is 35.9. The van der Waals surface area contributed by atoms with Gasteiger partial charge in [0.2, 0.25) is 0 Å². The summed E-state index contributed by atoms with van der Waals surface area (Å²) < 4.78 is 2.65. The van der Waals surface area contributed by atoms with E-state index in [1.165, 1.54) is 92.5 Å². The van der Waals surface area contributed by atoms with Crippen LogP contribution in [0.2, 0.25) is 0 Å². The Morgan fingerprint density at radius 3 is 1.57 bits per heavy atom. The third-order valence-electron chi connectivity index (χ3n) is 14.4. The van der Waals surface area contributed by atoms with Crippen LogP contribution >= 0.6 is 11.3 Å². The van der Waals surface area contributed by atoms with E-state index in [9.17, 15) is 0 Å². The van der Waals surface area contributed by atoms with E-state index in [0.717, 1.165) is 17.1 Å². The molecule has 1 nitrogen and oxygen atoms in total. The lowest BCUT2D eigenvalue weighted by Crippen LogP contribution is -2.28. The van der Waals surface area contributed by atoms with E-state index >= 15 is 0 Å². The summed E-state index contributed by atoms with van der Waals surface area (Å²) in [4.78, 5) is 2.48. The van der Waals surface area contributed by atoms with Crippen molar-refractivity contribution in [2.24, 2.45) is 0 Å². The van der Waals surface area contributed by atoms with Gasteiger partial charge in [-0.3, -0.25) is 0 Å². The molecule has 0 saturated carbocycles.